The molecule has 0 bridgehead atoms. The van der Waals surface area contributed by atoms with Gasteiger partial charge in [-0.15, -0.1) is 0 Å². The first-order valence-electron chi connectivity index (χ1n) is 7.68. The largest absolute Gasteiger partial charge is 0.469 e. The Kier molecular flexibility index (Phi) is 5.41. The van der Waals surface area contributed by atoms with Crippen LogP contribution < -0.4 is 10.6 Å². The van der Waals surface area contributed by atoms with Crippen LogP contribution >= 0.6 is 0 Å². The lowest BCUT2D eigenvalue weighted by Gasteiger charge is -2.22. The molecule has 0 aliphatic rings. The van der Waals surface area contributed by atoms with Gasteiger partial charge in [0.15, 0.2) is 0 Å². The zero-order valence-corrected chi connectivity index (χ0v) is 14.1. The molecule has 2 rings (SSSR count). The average Bonchev–Trinajstić information content (AvgIpc) is 3.00. The van der Waals surface area contributed by atoms with Crippen molar-refractivity contribution in [2.24, 2.45) is 0 Å². The highest BCUT2D eigenvalue weighted by Crippen LogP contribution is 2.16. The summed E-state index contributed by atoms with van der Waals surface area (Å²) in [6.45, 7) is 5.26. The van der Waals surface area contributed by atoms with Gasteiger partial charge in [-0.25, -0.2) is 0 Å². The van der Waals surface area contributed by atoms with Crippen molar-refractivity contribution in [2.75, 3.05) is 11.9 Å². The van der Waals surface area contributed by atoms with E-state index >= 15 is 0 Å². The Bertz CT molecular complexity index is 721. The second-order valence-corrected chi connectivity index (χ2v) is 6.21. The molecule has 3 N–H and O–H groups in total. The predicted molar refractivity (Wildman–Crippen MR) is 90.6 cm³/mol. The smallest absolute Gasteiger partial charge is 0.313 e. The SMILES string of the molecule is Cc1ccc(C)c(NC(=O)C(=O)NCC(C)(O)Cc2ccco2)c1. The number of hydrogen-bond acceptors (Lipinski definition) is 4. The summed E-state index contributed by atoms with van der Waals surface area (Å²) in [6, 6.07) is 9.06. The van der Waals surface area contributed by atoms with E-state index in [1.165, 1.54) is 6.26 Å². The van der Waals surface area contributed by atoms with E-state index in [1.54, 1.807) is 25.1 Å². The number of aliphatic hydroxyl groups is 1. The zero-order valence-electron chi connectivity index (χ0n) is 14.1. The molecule has 0 aliphatic carbocycles. The highest BCUT2D eigenvalue weighted by molar-refractivity contribution is 6.39. The normalized spacial score (nSPS) is 13.2. The van der Waals surface area contributed by atoms with Gasteiger partial charge in [-0.2, -0.15) is 0 Å². The van der Waals surface area contributed by atoms with Crippen LogP contribution in [0.25, 0.3) is 0 Å². The minimum absolute atomic E-state index is 0.0627. The zero-order chi connectivity index (χ0) is 17.7. The van der Waals surface area contributed by atoms with E-state index in [1.807, 2.05) is 26.0 Å². The molecule has 0 fully saturated rings. The number of nitrogens with one attached hydrogen (secondary N) is 2. The molecular weight excluding hydrogens is 308 g/mol. The number of carbonyl (C=O) groups excluding carboxylic acids is 2. The molecule has 6 heteroatoms. The van der Waals surface area contributed by atoms with Gasteiger partial charge in [0.25, 0.3) is 0 Å². The minimum Gasteiger partial charge on any atom is -0.469 e. The summed E-state index contributed by atoms with van der Waals surface area (Å²) >= 11 is 0. The standard InChI is InChI=1S/C18H22N2O4/c1-12-6-7-13(2)15(9-12)20-17(22)16(21)19-11-18(3,23)10-14-5-4-8-24-14/h4-9,23H,10-11H2,1-3H3,(H,19,21)(H,20,22). The Morgan fingerprint density at radius 2 is 1.96 bits per heavy atom. The Hall–Kier alpha value is -2.60. The van der Waals surface area contributed by atoms with Crippen LogP contribution in [-0.4, -0.2) is 29.1 Å². The van der Waals surface area contributed by atoms with Crippen LogP contribution in [0.3, 0.4) is 0 Å². The average molecular weight is 330 g/mol. The Labute approximate surface area is 140 Å². The fourth-order valence-corrected chi connectivity index (χ4v) is 2.25. The highest BCUT2D eigenvalue weighted by atomic mass is 16.3. The van der Waals surface area contributed by atoms with Crippen LogP contribution in [0.1, 0.15) is 23.8 Å². The van der Waals surface area contributed by atoms with Gasteiger partial charge in [-0.3, -0.25) is 9.59 Å². The maximum absolute atomic E-state index is 12.0. The molecule has 0 saturated heterocycles. The van der Waals surface area contributed by atoms with Crippen LogP contribution in [0, 0.1) is 13.8 Å². The fourth-order valence-electron chi connectivity index (χ4n) is 2.25. The van der Waals surface area contributed by atoms with Crippen LogP contribution in [0.5, 0.6) is 0 Å². The number of anilines is 1. The van der Waals surface area contributed by atoms with Crippen LogP contribution in [-0.2, 0) is 16.0 Å². The van der Waals surface area contributed by atoms with Crippen molar-refractivity contribution in [1.29, 1.82) is 0 Å². The lowest BCUT2D eigenvalue weighted by molar-refractivity contribution is -0.136. The predicted octanol–water partition coefficient (Wildman–Crippen LogP) is 1.94. The Morgan fingerprint density at radius 1 is 1.21 bits per heavy atom. The van der Waals surface area contributed by atoms with Crippen molar-refractivity contribution in [2.45, 2.75) is 32.8 Å². The summed E-state index contributed by atoms with van der Waals surface area (Å²) in [6.07, 6.45) is 1.75. The second kappa shape index (κ2) is 7.31. The van der Waals surface area contributed by atoms with Gasteiger partial charge in [0, 0.05) is 18.7 Å². The topological polar surface area (TPSA) is 91.6 Å². The summed E-state index contributed by atoms with van der Waals surface area (Å²) < 4.78 is 5.17. The number of hydrogen-bond donors (Lipinski definition) is 3. The number of carbonyl (C=O) groups is 2. The van der Waals surface area contributed by atoms with Crippen LogP contribution in [0.15, 0.2) is 41.0 Å². The number of aryl methyl sites for hydroxylation is 2. The lowest BCUT2D eigenvalue weighted by atomic mass is 10.0. The third kappa shape index (κ3) is 4.96. The van der Waals surface area contributed by atoms with Gasteiger partial charge in [-0.1, -0.05) is 12.1 Å². The molecular formula is C18H22N2O4. The van der Waals surface area contributed by atoms with E-state index in [-0.39, 0.29) is 13.0 Å². The third-order valence-electron chi connectivity index (χ3n) is 3.61. The summed E-state index contributed by atoms with van der Waals surface area (Å²) in [5.41, 5.74) is 1.23. The third-order valence-corrected chi connectivity index (χ3v) is 3.61. The van der Waals surface area contributed by atoms with Gasteiger partial charge < -0.3 is 20.2 Å². The van der Waals surface area contributed by atoms with E-state index in [2.05, 4.69) is 10.6 Å². The quantitative estimate of drug-likeness (QED) is 0.731. The van der Waals surface area contributed by atoms with Crippen LogP contribution in [0.4, 0.5) is 5.69 Å². The molecule has 0 spiro atoms. The van der Waals surface area contributed by atoms with Gasteiger partial charge in [0.05, 0.1) is 11.9 Å². The maximum Gasteiger partial charge on any atom is 0.313 e. The van der Waals surface area contributed by atoms with Crippen molar-refractivity contribution in [3.8, 4) is 0 Å². The molecule has 0 aliphatic heterocycles. The number of rotatable bonds is 5. The molecule has 0 saturated carbocycles. The number of amides is 2. The molecule has 6 nitrogen and oxygen atoms in total. The molecule has 2 aromatic rings. The van der Waals surface area contributed by atoms with Crippen LogP contribution in [0.2, 0.25) is 0 Å². The molecule has 1 aromatic carbocycles. The summed E-state index contributed by atoms with van der Waals surface area (Å²) in [7, 11) is 0. The lowest BCUT2D eigenvalue weighted by Crippen LogP contribution is -2.45. The number of benzene rings is 1. The van der Waals surface area contributed by atoms with Crippen molar-refractivity contribution < 1.29 is 19.1 Å². The van der Waals surface area contributed by atoms with Gasteiger partial charge in [0.2, 0.25) is 0 Å². The summed E-state index contributed by atoms with van der Waals surface area (Å²) in [5, 5.41) is 15.3. The van der Waals surface area contributed by atoms with Crippen molar-refractivity contribution >= 4 is 17.5 Å². The Balaban J connectivity index is 1.89. The molecule has 24 heavy (non-hydrogen) atoms. The first-order chi connectivity index (χ1) is 11.3. The fraction of sp³-hybridized carbons (Fsp3) is 0.333. The van der Waals surface area contributed by atoms with E-state index in [0.717, 1.165) is 11.1 Å². The summed E-state index contributed by atoms with van der Waals surface area (Å²) in [4.78, 5) is 23.9. The molecule has 1 heterocycles. The van der Waals surface area contributed by atoms with E-state index < -0.39 is 17.4 Å². The molecule has 0 radical (unpaired) electrons. The molecule has 128 valence electrons. The summed E-state index contributed by atoms with van der Waals surface area (Å²) in [5.74, 6) is -0.956. The second-order valence-electron chi connectivity index (χ2n) is 6.21. The van der Waals surface area contributed by atoms with E-state index in [0.29, 0.717) is 11.4 Å². The van der Waals surface area contributed by atoms with Crippen molar-refractivity contribution in [3.05, 3.63) is 53.5 Å². The monoisotopic (exact) mass is 330 g/mol. The maximum atomic E-state index is 12.0. The molecule has 1 atom stereocenters. The molecule has 1 aromatic heterocycles. The molecule has 2 amide bonds. The Morgan fingerprint density at radius 3 is 2.62 bits per heavy atom. The van der Waals surface area contributed by atoms with E-state index in [4.69, 9.17) is 4.42 Å². The van der Waals surface area contributed by atoms with Crippen molar-refractivity contribution in [3.63, 3.8) is 0 Å². The first-order valence-corrected chi connectivity index (χ1v) is 7.68. The number of furan rings is 1. The highest BCUT2D eigenvalue weighted by Gasteiger charge is 2.25. The minimum atomic E-state index is -1.22. The van der Waals surface area contributed by atoms with Crippen molar-refractivity contribution in [1.82, 2.24) is 5.32 Å². The first kappa shape index (κ1) is 17.7. The van der Waals surface area contributed by atoms with Gasteiger partial charge in [0.1, 0.15) is 5.76 Å². The molecule has 1 unspecified atom stereocenters. The van der Waals surface area contributed by atoms with Gasteiger partial charge >= 0.3 is 11.8 Å². The van der Waals surface area contributed by atoms with Gasteiger partial charge in [-0.05, 0) is 50.1 Å². The van der Waals surface area contributed by atoms with E-state index in [9.17, 15) is 14.7 Å².